The second kappa shape index (κ2) is 8.16. The molecule has 1 aromatic heterocycles. The van der Waals surface area contributed by atoms with E-state index in [0.29, 0.717) is 18.5 Å². The molecule has 2 N–H and O–H groups in total. The number of halogens is 1. The third-order valence-corrected chi connectivity index (χ3v) is 4.63. The van der Waals surface area contributed by atoms with Crippen LogP contribution >= 0.6 is 11.6 Å². The van der Waals surface area contributed by atoms with Crippen molar-refractivity contribution in [3.63, 3.8) is 0 Å². The lowest BCUT2D eigenvalue weighted by molar-refractivity contribution is 0.615. The molecule has 0 spiro atoms. The van der Waals surface area contributed by atoms with Crippen LogP contribution in [0.15, 0.2) is 36.5 Å². The highest BCUT2D eigenvalue weighted by atomic mass is 35.5. The van der Waals surface area contributed by atoms with Crippen molar-refractivity contribution in [2.24, 2.45) is 0 Å². The van der Waals surface area contributed by atoms with Gasteiger partial charge in [-0.15, -0.1) is 0 Å². The lowest BCUT2D eigenvalue weighted by Crippen LogP contribution is -2.20. The first-order valence-corrected chi connectivity index (χ1v) is 8.76. The van der Waals surface area contributed by atoms with Gasteiger partial charge in [0.2, 0.25) is 5.95 Å². The van der Waals surface area contributed by atoms with Gasteiger partial charge in [0.25, 0.3) is 0 Å². The number of hydrogen-bond donors (Lipinski definition) is 2. The van der Waals surface area contributed by atoms with Gasteiger partial charge >= 0.3 is 0 Å². The van der Waals surface area contributed by atoms with Crippen LogP contribution in [-0.2, 0) is 6.54 Å². The summed E-state index contributed by atoms with van der Waals surface area (Å²) in [6.45, 7) is 0.652. The van der Waals surface area contributed by atoms with Gasteiger partial charge in [0.15, 0.2) is 0 Å². The van der Waals surface area contributed by atoms with E-state index >= 15 is 0 Å². The summed E-state index contributed by atoms with van der Waals surface area (Å²) < 4.78 is 0. The maximum Gasteiger partial charge on any atom is 0.224 e. The summed E-state index contributed by atoms with van der Waals surface area (Å²) in [5.41, 5.74) is 1.06. The molecule has 1 aromatic carbocycles. The van der Waals surface area contributed by atoms with Crippen LogP contribution in [0.25, 0.3) is 0 Å². The molecule has 0 radical (unpaired) electrons. The van der Waals surface area contributed by atoms with E-state index in [4.69, 9.17) is 11.6 Å². The second-order valence-corrected chi connectivity index (χ2v) is 6.45. The highest BCUT2D eigenvalue weighted by Crippen LogP contribution is 2.20. The van der Waals surface area contributed by atoms with Gasteiger partial charge in [-0.3, -0.25) is 0 Å². The first-order chi connectivity index (χ1) is 11.3. The number of aromatic nitrogens is 2. The van der Waals surface area contributed by atoms with E-state index in [1.807, 2.05) is 30.3 Å². The molecule has 2 aromatic rings. The quantitative estimate of drug-likeness (QED) is 0.767. The number of nitrogens with zero attached hydrogens (tertiary/aromatic N) is 2. The number of rotatable bonds is 5. The van der Waals surface area contributed by atoms with Crippen LogP contribution in [0, 0.1) is 0 Å². The Morgan fingerprint density at radius 2 is 1.83 bits per heavy atom. The van der Waals surface area contributed by atoms with Crippen molar-refractivity contribution < 1.29 is 0 Å². The number of nitrogens with one attached hydrogen (secondary N) is 2. The van der Waals surface area contributed by atoms with Gasteiger partial charge in [-0.1, -0.05) is 55.5 Å². The zero-order chi connectivity index (χ0) is 15.9. The summed E-state index contributed by atoms with van der Waals surface area (Å²) in [4.78, 5) is 8.91. The van der Waals surface area contributed by atoms with Crippen LogP contribution in [0.4, 0.5) is 11.8 Å². The molecule has 0 aliphatic heterocycles. The Balaban J connectivity index is 1.59. The molecule has 0 bridgehead atoms. The van der Waals surface area contributed by atoms with Crippen LogP contribution in [0.1, 0.15) is 44.1 Å². The van der Waals surface area contributed by atoms with Gasteiger partial charge in [0.05, 0.1) is 0 Å². The van der Waals surface area contributed by atoms with Crippen molar-refractivity contribution in [1.82, 2.24) is 9.97 Å². The summed E-state index contributed by atoms with van der Waals surface area (Å²) in [6.07, 6.45) is 9.49. The summed E-state index contributed by atoms with van der Waals surface area (Å²) in [7, 11) is 0. The minimum absolute atomic E-state index is 0.497. The first kappa shape index (κ1) is 16.1. The average molecular weight is 331 g/mol. The molecule has 1 heterocycles. The number of hydrogen-bond acceptors (Lipinski definition) is 4. The molecule has 0 amide bonds. The third kappa shape index (κ3) is 4.83. The monoisotopic (exact) mass is 330 g/mol. The largest absolute Gasteiger partial charge is 0.366 e. The van der Waals surface area contributed by atoms with Crippen LogP contribution in [0.2, 0.25) is 5.02 Å². The lowest BCUT2D eigenvalue weighted by Gasteiger charge is -2.16. The minimum atomic E-state index is 0.497. The van der Waals surface area contributed by atoms with Gasteiger partial charge in [-0.05, 0) is 30.5 Å². The van der Waals surface area contributed by atoms with Crippen LogP contribution in [0.5, 0.6) is 0 Å². The minimum Gasteiger partial charge on any atom is -0.366 e. The van der Waals surface area contributed by atoms with E-state index in [-0.39, 0.29) is 0 Å². The maximum absolute atomic E-state index is 6.18. The van der Waals surface area contributed by atoms with Gasteiger partial charge in [-0.2, -0.15) is 4.98 Å². The van der Waals surface area contributed by atoms with Crippen molar-refractivity contribution >= 4 is 23.4 Å². The molecule has 3 rings (SSSR count). The fourth-order valence-electron chi connectivity index (χ4n) is 2.96. The van der Waals surface area contributed by atoms with Crippen LogP contribution in [0.3, 0.4) is 0 Å². The van der Waals surface area contributed by atoms with Crippen molar-refractivity contribution in [1.29, 1.82) is 0 Å². The Hall–Kier alpha value is -1.81. The number of anilines is 2. The van der Waals surface area contributed by atoms with Crippen LogP contribution < -0.4 is 10.6 Å². The van der Waals surface area contributed by atoms with Crippen molar-refractivity contribution in [3.8, 4) is 0 Å². The van der Waals surface area contributed by atoms with E-state index < -0.39 is 0 Å². The molecule has 23 heavy (non-hydrogen) atoms. The van der Waals surface area contributed by atoms with E-state index in [1.165, 1.54) is 38.5 Å². The Kier molecular flexibility index (Phi) is 5.70. The topological polar surface area (TPSA) is 49.8 Å². The first-order valence-electron chi connectivity index (χ1n) is 8.38. The predicted molar refractivity (Wildman–Crippen MR) is 95.9 cm³/mol. The molecule has 1 aliphatic rings. The van der Waals surface area contributed by atoms with E-state index in [0.717, 1.165) is 16.4 Å². The second-order valence-electron chi connectivity index (χ2n) is 6.04. The molecule has 4 nitrogen and oxygen atoms in total. The molecule has 1 aliphatic carbocycles. The van der Waals surface area contributed by atoms with Crippen molar-refractivity contribution in [3.05, 3.63) is 47.1 Å². The smallest absolute Gasteiger partial charge is 0.224 e. The van der Waals surface area contributed by atoms with Crippen molar-refractivity contribution in [2.45, 2.75) is 51.1 Å². The maximum atomic E-state index is 6.18. The molecule has 0 atom stereocenters. The zero-order valence-corrected chi connectivity index (χ0v) is 14.0. The Morgan fingerprint density at radius 1 is 1.04 bits per heavy atom. The summed E-state index contributed by atoms with van der Waals surface area (Å²) >= 11 is 6.18. The average Bonchev–Trinajstić information content (AvgIpc) is 2.83. The predicted octanol–water partition coefficient (Wildman–Crippen LogP) is 4.88. The van der Waals surface area contributed by atoms with Crippen molar-refractivity contribution in [2.75, 3.05) is 10.6 Å². The molecular formula is C18H23ClN4. The summed E-state index contributed by atoms with van der Waals surface area (Å²) in [5, 5.41) is 7.57. The van der Waals surface area contributed by atoms with Crippen LogP contribution in [-0.4, -0.2) is 16.0 Å². The summed E-state index contributed by atoms with van der Waals surface area (Å²) in [6, 6.07) is 10.2. The van der Waals surface area contributed by atoms with E-state index in [2.05, 4.69) is 20.6 Å². The third-order valence-electron chi connectivity index (χ3n) is 4.26. The van der Waals surface area contributed by atoms with Gasteiger partial charge in [0, 0.05) is 23.8 Å². The molecule has 0 saturated heterocycles. The molecule has 5 heteroatoms. The molecular weight excluding hydrogens is 308 g/mol. The Morgan fingerprint density at radius 3 is 2.61 bits per heavy atom. The van der Waals surface area contributed by atoms with Gasteiger partial charge in [0.1, 0.15) is 5.82 Å². The lowest BCUT2D eigenvalue weighted by atomic mass is 10.1. The molecule has 1 fully saturated rings. The highest BCUT2D eigenvalue weighted by molar-refractivity contribution is 6.31. The fourth-order valence-corrected chi connectivity index (χ4v) is 3.16. The standard InChI is InChI=1S/C18H23ClN4/c19-16-10-6-5-7-14(16)13-21-17-11-12-20-18(23-17)22-15-8-3-1-2-4-9-15/h5-7,10-12,15H,1-4,8-9,13H2,(H2,20,21,22,23). The Labute approximate surface area is 142 Å². The van der Waals surface area contributed by atoms with Gasteiger partial charge < -0.3 is 10.6 Å². The zero-order valence-electron chi connectivity index (χ0n) is 13.3. The molecule has 122 valence electrons. The normalized spacial score (nSPS) is 15.9. The fraction of sp³-hybridized carbons (Fsp3) is 0.444. The highest BCUT2D eigenvalue weighted by Gasteiger charge is 2.13. The number of benzene rings is 1. The summed E-state index contributed by atoms with van der Waals surface area (Å²) in [5.74, 6) is 1.53. The van der Waals surface area contributed by atoms with E-state index in [1.54, 1.807) is 6.20 Å². The molecule has 0 unspecified atom stereocenters. The SMILES string of the molecule is Clc1ccccc1CNc1ccnc(NC2CCCCCC2)n1. The van der Waals surface area contributed by atoms with E-state index in [9.17, 15) is 0 Å². The Bertz CT molecular complexity index is 624. The van der Waals surface area contributed by atoms with Gasteiger partial charge in [-0.25, -0.2) is 4.98 Å². The molecule has 1 saturated carbocycles.